The molecule has 1 aliphatic rings. The lowest BCUT2D eigenvalue weighted by atomic mass is 9.86. The van der Waals surface area contributed by atoms with Gasteiger partial charge >= 0.3 is 0 Å². The van der Waals surface area contributed by atoms with Crippen LogP contribution in [-0.4, -0.2) is 8.42 Å². The fourth-order valence-electron chi connectivity index (χ4n) is 3.94. The third kappa shape index (κ3) is 3.31. The molecule has 3 aromatic rings. The summed E-state index contributed by atoms with van der Waals surface area (Å²) in [6.07, 6.45) is 0.697. The number of nitrogens with zero attached hydrogens (tertiary/aromatic N) is 1. The van der Waals surface area contributed by atoms with E-state index in [1.54, 1.807) is 16.4 Å². The van der Waals surface area contributed by atoms with Crippen LogP contribution < -0.4 is 4.31 Å². The van der Waals surface area contributed by atoms with E-state index < -0.39 is 10.0 Å². The molecule has 0 spiro atoms. The van der Waals surface area contributed by atoms with E-state index in [-0.39, 0.29) is 12.0 Å². The van der Waals surface area contributed by atoms with Gasteiger partial charge in [0.05, 0.1) is 16.6 Å². The fraction of sp³-hybridized carbons (Fsp3) is 0.217. The molecule has 2 atom stereocenters. The number of sulfonamides is 1. The molecule has 0 bridgehead atoms. The lowest BCUT2D eigenvalue weighted by Crippen LogP contribution is -2.39. The quantitative estimate of drug-likeness (QED) is 0.522. The van der Waals surface area contributed by atoms with Gasteiger partial charge in [-0.3, -0.25) is 4.31 Å². The summed E-state index contributed by atoms with van der Waals surface area (Å²) in [6.45, 7) is 4.09. The Hall–Kier alpha value is -2.30. The third-order valence-electron chi connectivity index (χ3n) is 5.38. The highest BCUT2D eigenvalue weighted by Crippen LogP contribution is 2.47. The number of hydrogen-bond donors (Lipinski definition) is 0. The van der Waals surface area contributed by atoms with Crippen LogP contribution in [0.4, 0.5) is 5.69 Å². The molecule has 0 saturated carbocycles. The summed E-state index contributed by atoms with van der Waals surface area (Å²) in [4.78, 5) is 0.300. The zero-order chi connectivity index (χ0) is 19.9. The summed E-state index contributed by atoms with van der Waals surface area (Å²) in [5.74, 6) is 0.240. The van der Waals surface area contributed by atoms with Crippen LogP contribution in [0.3, 0.4) is 0 Å². The Balaban J connectivity index is 1.92. The van der Waals surface area contributed by atoms with Gasteiger partial charge in [0.1, 0.15) is 0 Å². The van der Waals surface area contributed by atoms with Gasteiger partial charge in [0.15, 0.2) is 0 Å². The molecule has 5 heteroatoms. The molecule has 3 nitrogen and oxygen atoms in total. The van der Waals surface area contributed by atoms with Crippen molar-refractivity contribution in [3.63, 3.8) is 0 Å². The van der Waals surface area contributed by atoms with E-state index in [9.17, 15) is 8.42 Å². The first-order valence-corrected chi connectivity index (χ1v) is 11.2. The number of para-hydroxylation sites is 1. The van der Waals surface area contributed by atoms with Crippen molar-refractivity contribution in [1.82, 2.24) is 0 Å². The summed E-state index contributed by atoms with van der Waals surface area (Å²) in [5, 5.41) is 0.608. The van der Waals surface area contributed by atoms with Crippen molar-refractivity contribution in [1.29, 1.82) is 0 Å². The molecule has 0 amide bonds. The highest BCUT2D eigenvalue weighted by molar-refractivity contribution is 7.92. The Kier molecular flexibility index (Phi) is 4.94. The van der Waals surface area contributed by atoms with E-state index in [0.717, 1.165) is 22.4 Å². The third-order valence-corrected chi connectivity index (χ3v) is 7.45. The first kappa shape index (κ1) is 19.0. The maximum atomic E-state index is 13.7. The Morgan fingerprint density at radius 2 is 1.68 bits per heavy atom. The normalized spacial score (nSPS) is 19.3. The molecule has 0 N–H and O–H groups in total. The SMILES string of the molecule is Cc1ccc(S(=O)(=O)N2c3ccccc3[C@H](C)C[C@@H]2c2cccc(Cl)c2)cc1. The van der Waals surface area contributed by atoms with Crippen LogP contribution in [0.5, 0.6) is 0 Å². The lowest BCUT2D eigenvalue weighted by molar-refractivity contribution is 0.523. The van der Waals surface area contributed by atoms with E-state index in [1.165, 1.54) is 0 Å². The summed E-state index contributed by atoms with van der Waals surface area (Å²) in [7, 11) is -3.74. The smallest absolute Gasteiger partial charge is 0.259 e. The van der Waals surface area contributed by atoms with E-state index in [1.807, 2.05) is 67.6 Å². The minimum Gasteiger partial charge on any atom is -0.259 e. The summed E-state index contributed by atoms with van der Waals surface area (Å²) >= 11 is 6.23. The van der Waals surface area contributed by atoms with Gasteiger partial charge in [0.25, 0.3) is 10.0 Å². The van der Waals surface area contributed by atoms with Crippen LogP contribution in [-0.2, 0) is 10.0 Å². The maximum Gasteiger partial charge on any atom is 0.264 e. The van der Waals surface area contributed by atoms with Crippen LogP contribution in [0.25, 0.3) is 0 Å². The first-order chi connectivity index (χ1) is 13.4. The maximum absolute atomic E-state index is 13.7. The van der Waals surface area contributed by atoms with Crippen molar-refractivity contribution in [2.75, 3.05) is 4.31 Å². The molecular formula is C23H22ClNO2S. The summed E-state index contributed by atoms with van der Waals surface area (Å²) in [5.41, 5.74) is 3.73. The standard InChI is InChI=1S/C23H22ClNO2S/c1-16-10-12-20(13-11-16)28(26,27)25-22-9-4-3-8-21(22)17(2)14-23(25)18-6-5-7-19(24)15-18/h3-13,15,17,23H,14H2,1-2H3/t17-,23-/m1/s1. The van der Waals surface area contributed by atoms with Crippen LogP contribution in [0, 0.1) is 6.92 Å². The average Bonchev–Trinajstić information content (AvgIpc) is 2.68. The number of rotatable bonds is 3. The highest BCUT2D eigenvalue weighted by Gasteiger charge is 2.39. The first-order valence-electron chi connectivity index (χ1n) is 9.33. The highest BCUT2D eigenvalue weighted by atomic mass is 35.5. The van der Waals surface area contributed by atoms with Gasteiger partial charge in [-0.25, -0.2) is 8.42 Å². The molecule has 0 fully saturated rings. The molecule has 4 rings (SSSR count). The Morgan fingerprint density at radius 1 is 0.964 bits per heavy atom. The zero-order valence-corrected chi connectivity index (χ0v) is 17.4. The van der Waals surface area contributed by atoms with Gasteiger partial charge in [-0.15, -0.1) is 0 Å². The minimum atomic E-state index is -3.74. The second-order valence-corrected chi connectivity index (χ2v) is 9.63. The molecule has 0 aromatic heterocycles. The molecule has 28 heavy (non-hydrogen) atoms. The van der Waals surface area contributed by atoms with Crippen LogP contribution in [0.1, 0.15) is 42.0 Å². The Labute approximate surface area is 171 Å². The van der Waals surface area contributed by atoms with Crippen molar-refractivity contribution in [2.24, 2.45) is 0 Å². The number of fused-ring (bicyclic) bond motifs is 1. The Morgan fingerprint density at radius 3 is 2.39 bits per heavy atom. The van der Waals surface area contributed by atoms with Gasteiger partial charge in [-0.2, -0.15) is 0 Å². The molecule has 1 heterocycles. The molecular weight excluding hydrogens is 390 g/mol. The molecule has 1 aliphatic heterocycles. The fourth-order valence-corrected chi connectivity index (χ4v) is 5.81. The van der Waals surface area contributed by atoms with Crippen molar-refractivity contribution in [3.8, 4) is 0 Å². The van der Waals surface area contributed by atoms with Crippen molar-refractivity contribution in [3.05, 3.63) is 94.5 Å². The van der Waals surface area contributed by atoms with Crippen molar-refractivity contribution >= 4 is 27.3 Å². The molecule has 0 aliphatic carbocycles. The average molecular weight is 412 g/mol. The lowest BCUT2D eigenvalue weighted by Gasteiger charge is -2.40. The van der Waals surface area contributed by atoms with Gasteiger partial charge in [0, 0.05) is 5.02 Å². The number of halogens is 1. The minimum absolute atomic E-state index is 0.240. The van der Waals surface area contributed by atoms with Crippen LogP contribution in [0.15, 0.2) is 77.7 Å². The summed E-state index contributed by atoms with van der Waals surface area (Å²) < 4.78 is 29.0. The number of anilines is 1. The summed E-state index contributed by atoms with van der Waals surface area (Å²) in [6, 6.07) is 22.0. The largest absolute Gasteiger partial charge is 0.264 e. The van der Waals surface area contributed by atoms with E-state index in [4.69, 9.17) is 11.6 Å². The van der Waals surface area contributed by atoms with Crippen molar-refractivity contribution in [2.45, 2.75) is 37.1 Å². The van der Waals surface area contributed by atoms with Gasteiger partial charge < -0.3 is 0 Å². The predicted molar refractivity (Wildman–Crippen MR) is 115 cm³/mol. The van der Waals surface area contributed by atoms with E-state index in [2.05, 4.69) is 6.92 Å². The van der Waals surface area contributed by atoms with Gasteiger partial charge in [-0.1, -0.05) is 66.6 Å². The van der Waals surface area contributed by atoms with Gasteiger partial charge in [0.2, 0.25) is 0 Å². The second-order valence-electron chi connectivity index (χ2n) is 7.38. The van der Waals surface area contributed by atoms with E-state index >= 15 is 0 Å². The van der Waals surface area contributed by atoms with Gasteiger partial charge in [-0.05, 0) is 60.7 Å². The molecule has 3 aromatic carbocycles. The number of benzene rings is 3. The second kappa shape index (κ2) is 7.26. The van der Waals surface area contributed by atoms with Crippen LogP contribution >= 0.6 is 11.6 Å². The molecule has 0 saturated heterocycles. The van der Waals surface area contributed by atoms with Crippen LogP contribution in [0.2, 0.25) is 5.02 Å². The van der Waals surface area contributed by atoms with E-state index in [0.29, 0.717) is 16.3 Å². The number of aryl methyl sites for hydroxylation is 1. The zero-order valence-electron chi connectivity index (χ0n) is 15.8. The monoisotopic (exact) mass is 411 g/mol. The van der Waals surface area contributed by atoms with Crippen molar-refractivity contribution < 1.29 is 8.42 Å². The molecule has 144 valence electrons. The molecule has 0 radical (unpaired) electrons. The number of hydrogen-bond acceptors (Lipinski definition) is 2. The Bertz CT molecular complexity index is 1110. The molecule has 0 unspecified atom stereocenters. The topological polar surface area (TPSA) is 37.4 Å². The predicted octanol–water partition coefficient (Wildman–Crippen LogP) is 6.09.